The molecule has 0 aliphatic heterocycles. The molecule has 7 heteroatoms. The molecular formula is C25H23N3O3S. The third-order valence-electron chi connectivity index (χ3n) is 4.81. The minimum Gasteiger partial charge on any atom is -0.497 e. The quantitative estimate of drug-likeness (QED) is 0.351. The zero-order valence-corrected chi connectivity index (χ0v) is 18.6. The molecule has 0 unspecified atom stereocenters. The summed E-state index contributed by atoms with van der Waals surface area (Å²) >= 11 is 1.35. The number of thioether (sulfide) groups is 1. The van der Waals surface area contributed by atoms with Crippen LogP contribution in [-0.2, 0) is 4.79 Å². The van der Waals surface area contributed by atoms with E-state index in [2.05, 4.69) is 10.3 Å². The molecule has 2 N–H and O–H groups in total. The fourth-order valence-electron chi connectivity index (χ4n) is 3.26. The zero-order valence-electron chi connectivity index (χ0n) is 17.8. The number of nitrogens with zero attached hydrogens (tertiary/aromatic N) is 1. The van der Waals surface area contributed by atoms with E-state index in [1.165, 1.54) is 11.8 Å². The molecule has 0 spiro atoms. The van der Waals surface area contributed by atoms with Crippen molar-refractivity contribution in [3.8, 4) is 34.0 Å². The SMILES string of the molecule is COc1ccc(NC(=O)CSc2nc(-c3ccccc3)c(-c3ccccc3)[nH]2)c(OC)c1. The summed E-state index contributed by atoms with van der Waals surface area (Å²) in [6, 6.07) is 25.3. The summed E-state index contributed by atoms with van der Waals surface area (Å²) in [7, 11) is 3.14. The Labute approximate surface area is 191 Å². The molecular weight excluding hydrogens is 422 g/mol. The molecule has 32 heavy (non-hydrogen) atoms. The van der Waals surface area contributed by atoms with E-state index in [1.807, 2.05) is 60.7 Å². The number of anilines is 1. The average Bonchev–Trinajstić information content (AvgIpc) is 3.28. The number of benzene rings is 3. The topological polar surface area (TPSA) is 76.2 Å². The standard InChI is InChI=1S/C25H23N3O3S/c1-30-19-13-14-20(21(15-19)31-2)26-22(29)16-32-25-27-23(17-9-5-3-6-10-17)24(28-25)18-11-7-4-8-12-18/h3-15H,16H2,1-2H3,(H,26,29)(H,27,28). The lowest BCUT2D eigenvalue weighted by Crippen LogP contribution is -2.14. The lowest BCUT2D eigenvalue weighted by molar-refractivity contribution is -0.113. The Morgan fingerprint density at radius 1 is 0.938 bits per heavy atom. The Balaban J connectivity index is 1.51. The first-order valence-corrected chi connectivity index (χ1v) is 11.0. The van der Waals surface area contributed by atoms with Crippen molar-refractivity contribution >= 4 is 23.4 Å². The number of aromatic amines is 1. The van der Waals surface area contributed by atoms with Gasteiger partial charge in [-0.05, 0) is 12.1 Å². The van der Waals surface area contributed by atoms with Crippen LogP contribution in [0, 0.1) is 0 Å². The van der Waals surface area contributed by atoms with E-state index < -0.39 is 0 Å². The number of aromatic nitrogens is 2. The van der Waals surface area contributed by atoms with E-state index in [1.54, 1.807) is 32.4 Å². The summed E-state index contributed by atoms with van der Waals surface area (Å²) in [4.78, 5) is 20.7. The number of ether oxygens (including phenoxy) is 2. The zero-order chi connectivity index (χ0) is 22.3. The molecule has 4 rings (SSSR count). The van der Waals surface area contributed by atoms with E-state index >= 15 is 0 Å². The van der Waals surface area contributed by atoms with Gasteiger partial charge in [-0.2, -0.15) is 0 Å². The van der Waals surface area contributed by atoms with Gasteiger partial charge in [-0.3, -0.25) is 4.79 Å². The second-order valence-corrected chi connectivity index (χ2v) is 7.86. The second-order valence-electron chi connectivity index (χ2n) is 6.90. The maximum Gasteiger partial charge on any atom is 0.234 e. The van der Waals surface area contributed by atoms with Crippen LogP contribution in [0.5, 0.6) is 11.5 Å². The van der Waals surface area contributed by atoms with Crippen molar-refractivity contribution in [2.45, 2.75) is 5.16 Å². The van der Waals surface area contributed by atoms with Crippen LogP contribution in [0.2, 0.25) is 0 Å². The van der Waals surface area contributed by atoms with Crippen molar-refractivity contribution in [3.63, 3.8) is 0 Å². The summed E-state index contributed by atoms with van der Waals surface area (Å²) in [6.45, 7) is 0. The van der Waals surface area contributed by atoms with Gasteiger partial charge in [0.15, 0.2) is 5.16 Å². The summed E-state index contributed by atoms with van der Waals surface area (Å²) in [5.74, 6) is 1.24. The molecule has 162 valence electrons. The summed E-state index contributed by atoms with van der Waals surface area (Å²) in [5.41, 5.74) is 4.43. The van der Waals surface area contributed by atoms with Crippen molar-refractivity contribution < 1.29 is 14.3 Å². The molecule has 3 aromatic carbocycles. The summed E-state index contributed by atoms with van der Waals surface area (Å²) in [5, 5.41) is 3.57. The number of methoxy groups -OCH3 is 2. The predicted octanol–water partition coefficient (Wildman–Crippen LogP) is 5.49. The molecule has 0 saturated heterocycles. The lowest BCUT2D eigenvalue weighted by atomic mass is 10.1. The van der Waals surface area contributed by atoms with Gasteiger partial charge in [-0.15, -0.1) is 0 Å². The molecule has 0 aliphatic rings. The van der Waals surface area contributed by atoms with Crippen molar-refractivity contribution in [1.29, 1.82) is 0 Å². The van der Waals surface area contributed by atoms with Crippen LogP contribution in [0.4, 0.5) is 5.69 Å². The van der Waals surface area contributed by atoms with Gasteiger partial charge < -0.3 is 19.8 Å². The monoisotopic (exact) mass is 445 g/mol. The van der Waals surface area contributed by atoms with Crippen LogP contribution < -0.4 is 14.8 Å². The van der Waals surface area contributed by atoms with E-state index in [0.717, 1.165) is 22.5 Å². The van der Waals surface area contributed by atoms with Crippen LogP contribution >= 0.6 is 11.8 Å². The number of hydrogen-bond acceptors (Lipinski definition) is 5. The number of amides is 1. The maximum absolute atomic E-state index is 12.6. The normalized spacial score (nSPS) is 10.6. The molecule has 0 atom stereocenters. The molecule has 0 bridgehead atoms. The molecule has 1 amide bonds. The molecule has 1 heterocycles. The molecule has 0 fully saturated rings. The Hall–Kier alpha value is -3.71. The van der Waals surface area contributed by atoms with Crippen LogP contribution in [0.25, 0.3) is 22.5 Å². The first-order valence-electron chi connectivity index (χ1n) is 10.0. The second kappa shape index (κ2) is 10.1. The van der Waals surface area contributed by atoms with Gasteiger partial charge in [0.2, 0.25) is 5.91 Å². The molecule has 4 aromatic rings. The largest absolute Gasteiger partial charge is 0.497 e. The molecule has 1 aromatic heterocycles. The van der Waals surface area contributed by atoms with Crippen molar-refractivity contribution in [2.75, 3.05) is 25.3 Å². The van der Waals surface area contributed by atoms with Gasteiger partial charge in [-0.1, -0.05) is 72.4 Å². The molecule has 6 nitrogen and oxygen atoms in total. The van der Waals surface area contributed by atoms with Crippen LogP contribution in [0.3, 0.4) is 0 Å². The fraction of sp³-hybridized carbons (Fsp3) is 0.120. The van der Waals surface area contributed by atoms with Gasteiger partial charge in [0.05, 0.1) is 37.0 Å². The Morgan fingerprint density at radius 3 is 2.28 bits per heavy atom. The van der Waals surface area contributed by atoms with Crippen LogP contribution in [-0.4, -0.2) is 35.8 Å². The highest BCUT2D eigenvalue weighted by Crippen LogP contribution is 2.33. The number of hydrogen-bond donors (Lipinski definition) is 2. The fourth-order valence-corrected chi connectivity index (χ4v) is 3.93. The first-order chi connectivity index (χ1) is 15.7. The third kappa shape index (κ3) is 4.95. The van der Waals surface area contributed by atoms with Crippen LogP contribution in [0.1, 0.15) is 0 Å². The van der Waals surface area contributed by atoms with Gasteiger partial charge >= 0.3 is 0 Å². The van der Waals surface area contributed by atoms with Crippen molar-refractivity contribution in [2.24, 2.45) is 0 Å². The molecule has 0 radical (unpaired) electrons. The van der Waals surface area contributed by atoms with Gasteiger partial charge in [0, 0.05) is 17.2 Å². The maximum atomic E-state index is 12.6. The van der Waals surface area contributed by atoms with Crippen LogP contribution in [0.15, 0.2) is 84.0 Å². The average molecular weight is 446 g/mol. The number of carbonyl (C=O) groups excluding carboxylic acids is 1. The first kappa shape index (κ1) is 21.5. The highest BCUT2D eigenvalue weighted by Gasteiger charge is 2.16. The van der Waals surface area contributed by atoms with E-state index in [4.69, 9.17) is 14.5 Å². The number of carbonyl (C=O) groups is 1. The minimum atomic E-state index is -0.155. The Bertz CT molecular complexity index is 1140. The van der Waals surface area contributed by atoms with Gasteiger partial charge in [-0.25, -0.2) is 4.98 Å². The minimum absolute atomic E-state index is 0.155. The van der Waals surface area contributed by atoms with E-state index in [0.29, 0.717) is 22.3 Å². The number of H-pyrrole nitrogens is 1. The molecule has 0 aliphatic carbocycles. The highest BCUT2D eigenvalue weighted by molar-refractivity contribution is 7.99. The third-order valence-corrected chi connectivity index (χ3v) is 5.69. The predicted molar refractivity (Wildman–Crippen MR) is 128 cm³/mol. The lowest BCUT2D eigenvalue weighted by Gasteiger charge is -2.11. The highest BCUT2D eigenvalue weighted by atomic mass is 32.2. The number of imidazole rings is 1. The van der Waals surface area contributed by atoms with Crippen molar-refractivity contribution in [3.05, 3.63) is 78.9 Å². The smallest absolute Gasteiger partial charge is 0.234 e. The van der Waals surface area contributed by atoms with Gasteiger partial charge in [0.25, 0.3) is 0 Å². The van der Waals surface area contributed by atoms with E-state index in [9.17, 15) is 4.79 Å². The molecule has 0 saturated carbocycles. The Kier molecular flexibility index (Phi) is 6.77. The number of rotatable bonds is 8. The van der Waals surface area contributed by atoms with Crippen molar-refractivity contribution in [1.82, 2.24) is 9.97 Å². The summed E-state index contributed by atoms with van der Waals surface area (Å²) < 4.78 is 10.5. The number of nitrogens with one attached hydrogen (secondary N) is 2. The van der Waals surface area contributed by atoms with E-state index in [-0.39, 0.29) is 11.7 Å². The Morgan fingerprint density at radius 2 is 1.62 bits per heavy atom. The summed E-state index contributed by atoms with van der Waals surface area (Å²) in [6.07, 6.45) is 0. The van der Waals surface area contributed by atoms with Gasteiger partial charge in [0.1, 0.15) is 11.5 Å².